The van der Waals surface area contributed by atoms with Crippen molar-refractivity contribution in [3.63, 3.8) is 0 Å². The largest absolute Gasteiger partial charge is 0.399 e. The average Bonchev–Trinajstić information content (AvgIpc) is 2.54. The smallest absolute Gasteiger partial charge is 0.218 e. The third kappa shape index (κ3) is 5.63. The Morgan fingerprint density at radius 1 is 0.875 bits per heavy atom. The van der Waals surface area contributed by atoms with Gasteiger partial charge in [0.05, 0.1) is 5.75 Å². The number of nitrogens with zero attached hydrogens (tertiary/aromatic N) is 2. The molecule has 0 aliphatic carbocycles. The standard InChI is InChI=1S/C18H25N3O2S/c1-20(2)12-13-21(14-16-6-4-3-5-7-16)24(22,23)15-17-8-10-18(19)11-9-17/h3-11H,12-15,19H2,1-2H3. The van der Waals surface area contributed by atoms with E-state index in [0.29, 0.717) is 25.3 Å². The maximum Gasteiger partial charge on any atom is 0.218 e. The van der Waals surface area contributed by atoms with Crippen molar-refractivity contribution in [3.05, 3.63) is 65.7 Å². The van der Waals surface area contributed by atoms with Crippen LogP contribution in [0.1, 0.15) is 11.1 Å². The lowest BCUT2D eigenvalue weighted by Gasteiger charge is -2.24. The molecule has 0 aromatic heterocycles. The Morgan fingerprint density at radius 3 is 2.08 bits per heavy atom. The molecular formula is C18H25N3O2S. The summed E-state index contributed by atoms with van der Waals surface area (Å²) in [5, 5.41) is 0. The molecule has 2 aromatic carbocycles. The Morgan fingerprint density at radius 2 is 1.50 bits per heavy atom. The first-order valence-corrected chi connectivity index (χ1v) is 9.48. The van der Waals surface area contributed by atoms with Crippen LogP contribution in [0, 0.1) is 0 Å². The normalized spacial score (nSPS) is 12.0. The summed E-state index contributed by atoms with van der Waals surface area (Å²) >= 11 is 0. The molecule has 0 bridgehead atoms. The van der Waals surface area contributed by atoms with E-state index in [1.165, 1.54) is 0 Å². The molecule has 0 heterocycles. The lowest BCUT2D eigenvalue weighted by atomic mass is 10.2. The van der Waals surface area contributed by atoms with Gasteiger partial charge in [-0.1, -0.05) is 42.5 Å². The van der Waals surface area contributed by atoms with E-state index in [1.807, 2.05) is 49.3 Å². The van der Waals surface area contributed by atoms with Crippen molar-refractivity contribution in [3.8, 4) is 0 Å². The van der Waals surface area contributed by atoms with Gasteiger partial charge in [0.2, 0.25) is 10.0 Å². The van der Waals surface area contributed by atoms with Crippen LogP contribution in [0.3, 0.4) is 0 Å². The van der Waals surface area contributed by atoms with Gasteiger partial charge in [-0.15, -0.1) is 0 Å². The van der Waals surface area contributed by atoms with Gasteiger partial charge in [-0.25, -0.2) is 8.42 Å². The maximum atomic E-state index is 12.9. The SMILES string of the molecule is CN(C)CCN(Cc1ccccc1)S(=O)(=O)Cc1ccc(N)cc1. The fourth-order valence-electron chi connectivity index (χ4n) is 2.33. The molecule has 6 heteroatoms. The van der Waals surface area contributed by atoms with Crippen molar-refractivity contribution in [2.45, 2.75) is 12.3 Å². The molecule has 5 nitrogen and oxygen atoms in total. The second kappa shape index (κ2) is 8.28. The molecule has 130 valence electrons. The Balaban J connectivity index is 2.18. The number of hydrogen-bond donors (Lipinski definition) is 1. The van der Waals surface area contributed by atoms with Gasteiger partial charge in [-0.3, -0.25) is 0 Å². The summed E-state index contributed by atoms with van der Waals surface area (Å²) in [7, 11) is 0.459. The quantitative estimate of drug-likeness (QED) is 0.743. The summed E-state index contributed by atoms with van der Waals surface area (Å²) in [4.78, 5) is 1.98. The van der Waals surface area contributed by atoms with Crippen LogP contribution in [0.5, 0.6) is 0 Å². The van der Waals surface area contributed by atoms with Gasteiger partial charge >= 0.3 is 0 Å². The number of likely N-dealkylation sites (N-methyl/N-ethyl adjacent to an activating group) is 1. The summed E-state index contributed by atoms with van der Waals surface area (Å²) in [6, 6.07) is 16.6. The summed E-state index contributed by atoms with van der Waals surface area (Å²) in [6.45, 7) is 1.51. The molecule has 0 spiro atoms. The van der Waals surface area contributed by atoms with Crippen LogP contribution < -0.4 is 5.73 Å². The summed E-state index contributed by atoms with van der Waals surface area (Å²) in [5.41, 5.74) is 8.02. The molecule has 0 amide bonds. The number of hydrogen-bond acceptors (Lipinski definition) is 4. The van der Waals surface area contributed by atoms with Crippen LogP contribution >= 0.6 is 0 Å². The van der Waals surface area contributed by atoms with E-state index in [9.17, 15) is 8.42 Å². The van der Waals surface area contributed by atoms with Gasteiger partial charge in [0.1, 0.15) is 0 Å². The topological polar surface area (TPSA) is 66.6 Å². The van der Waals surface area contributed by atoms with Gasteiger partial charge in [0.15, 0.2) is 0 Å². The van der Waals surface area contributed by atoms with Crippen molar-refractivity contribution >= 4 is 15.7 Å². The molecule has 2 N–H and O–H groups in total. The Hall–Kier alpha value is -1.89. The first kappa shape index (κ1) is 18.4. The van der Waals surface area contributed by atoms with Gasteiger partial charge in [0, 0.05) is 25.3 Å². The van der Waals surface area contributed by atoms with E-state index in [2.05, 4.69) is 0 Å². The predicted octanol–water partition coefficient (Wildman–Crippen LogP) is 2.16. The highest BCUT2D eigenvalue weighted by molar-refractivity contribution is 7.88. The maximum absolute atomic E-state index is 12.9. The minimum absolute atomic E-state index is 0.0203. The van der Waals surface area contributed by atoms with Crippen LogP contribution in [-0.4, -0.2) is 44.8 Å². The molecule has 0 atom stereocenters. The Labute approximate surface area is 144 Å². The second-order valence-electron chi connectivity index (χ2n) is 6.12. The van der Waals surface area contributed by atoms with Crippen molar-refractivity contribution in [1.29, 1.82) is 0 Å². The van der Waals surface area contributed by atoms with Crippen molar-refractivity contribution in [2.24, 2.45) is 0 Å². The third-order valence-electron chi connectivity index (χ3n) is 3.72. The predicted molar refractivity (Wildman–Crippen MR) is 98.9 cm³/mol. The summed E-state index contributed by atoms with van der Waals surface area (Å²) in [5.74, 6) is -0.0203. The van der Waals surface area contributed by atoms with Gasteiger partial charge < -0.3 is 10.6 Å². The monoisotopic (exact) mass is 347 g/mol. The van der Waals surface area contributed by atoms with Crippen LogP contribution in [0.2, 0.25) is 0 Å². The van der Waals surface area contributed by atoms with Crippen LogP contribution in [0.25, 0.3) is 0 Å². The minimum Gasteiger partial charge on any atom is -0.399 e. The molecule has 0 radical (unpaired) electrons. The first-order valence-electron chi connectivity index (χ1n) is 7.88. The zero-order valence-electron chi connectivity index (χ0n) is 14.2. The van der Waals surface area contributed by atoms with E-state index in [-0.39, 0.29) is 5.75 Å². The third-order valence-corrected chi connectivity index (χ3v) is 5.52. The summed E-state index contributed by atoms with van der Waals surface area (Å²) < 4.78 is 27.3. The van der Waals surface area contributed by atoms with Crippen LogP contribution in [0.4, 0.5) is 5.69 Å². The van der Waals surface area contributed by atoms with E-state index in [4.69, 9.17) is 5.73 Å². The number of benzene rings is 2. The van der Waals surface area contributed by atoms with Gasteiger partial charge in [-0.05, 0) is 37.4 Å². The Kier molecular flexibility index (Phi) is 6.36. The van der Waals surface area contributed by atoms with Crippen LogP contribution in [-0.2, 0) is 22.3 Å². The molecule has 0 aliphatic rings. The summed E-state index contributed by atoms with van der Waals surface area (Å²) in [6.07, 6.45) is 0. The van der Waals surface area contributed by atoms with E-state index in [0.717, 1.165) is 11.1 Å². The minimum atomic E-state index is -3.42. The second-order valence-corrected chi connectivity index (χ2v) is 8.09. The zero-order chi connectivity index (χ0) is 17.6. The molecular weight excluding hydrogens is 322 g/mol. The zero-order valence-corrected chi connectivity index (χ0v) is 15.0. The fourth-order valence-corrected chi connectivity index (χ4v) is 3.83. The van der Waals surface area contributed by atoms with E-state index >= 15 is 0 Å². The van der Waals surface area contributed by atoms with Gasteiger partial charge in [0.25, 0.3) is 0 Å². The highest BCUT2D eigenvalue weighted by Gasteiger charge is 2.22. The number of rotatable bonds is 8. The lowest BCUT2D eigenvalue weighted by molar-refractivity contribution is 0.329. The molecule has 0 saturated heterocycles. The molecule has 2 rings (SSSR count). The molecule has 0 aliphatic heterocycles. The molecule has 0 saturated carbocycles. The molecule has 24 heavy (non-hydrogen) atoms. The van der Waals surface area contributed by atoms with Crippen molar-refractivity contribution < 1.29 is 8.42 Å². The average molecular weight is 347 g/mol. The van der Waals surface area contributed by atoms with Crippen LogP contribution in [0.15, 0.2) is 54.6 Å². The first-order chi connectivity index (χ1) is 11.4. The van der Waals surface area contributed by atoms with E-state index in [1.54, 1.807) is 28.6 Å². The van der Waals surface area contributed by atoms with Gasteiger partial charge in [-0.2, -0.15) is 4.31 Å². The number of nitrogen functional groups attached to an aromatic ring is 1. The highest BCUT2D eigenvalue weighted by Crippen LogP contribution is 2.16. The lowest BCUT2D eigenvalue weighted by Crippen LogP contribution is -2.37. The van der Waals surface area contributed by atoms with Crippen molar-refractivity contribution in [1.82, 2.24) is 9.21 Å². The molecule has 0 unspecified atom stereocenters. The van der Waals surface area contributed by atoms with E-state index < -0.39 is 10.0 Å². The molecule has 2 aromatic rings. The number of anilines is 1. The fraction of sp³-hybridized carbons (Fsp3) is 0.333. The highest BCUT2D eigenvalue weighted by atomic mass is 32.2. The number of nitrogens with two attached hydrogens (primary N) is 1. The Bertz CT molecular complexity index is 729. The molecule has 0 fully saturated rings. The van der Waals surface area contributed by atoms with Crippen molar-refractivity contribution in [2.75, 3.05) is 32.9 Å². The number of sulfonamides is 1.